The summed E-state index contributed by atoms with van der Waals surface area (Å²) in [6.07, 6.45) is 3.13. The van der Waals surface area contributed by atoms with Gasteiger partial charge in [-0.05, 0) is 50.6 Å². The fourth-order valence-corrected chi connectivity index (χ4v) is 3.50. The molecule has 1 N–H and O–H groups in total. The van der Waals surface area contributed by atoms with Gasteiger partial charge >= 0.3 is 0 Å². The van der Waals surface area contributed by atoms with Crippen molar-refractivity contribution in [3.05, 3.63) is 0 Å². The van der Waals surface area contributed by atoms with Gasteiger partial charge in [0.1, 0.15) is 0 Å². The van der Waals surface area contributed by atoms with Crippen LogP contribution >= 0.6 is 0 Å². The molecule has 3 unspecified atom stereocenters. The van der Waals surface area contributed by atoms with E-state index >= 15 is 0 Å². The second-order valence-corrected chi connectivity index (χ2v) is 8.70. The molecule has 0 saturated heterocycles. The maximum atomic E-state index is 10.5. The maximum Gasteiger partial charge on any atom is 0.0695 e. The first-order valence-electron chi connectivity index (χ1n) is 8.68. The van der Waals surface area contributed by atoms with Crippen LogP contribution in [0, 0.1) is 17.3 Å². The molecule has 0 heterocycles. The lowest BCUT2D eigenvalue weighted by molar-refractivity contribution is -0.0224. The van der Waals surface area contributed by atoms with Gasteiger partial charge in [0.05, 0.1) is 6.10 Å². The summed E-state index contributed by atoms with van der Waals surface area (Å²) in [6, 6.07) is 0.338. The van der Waals surface area contributed by atoms with Gasteiger partial charge in [0.25, 0.3) is 0 Å². The summed E-state index contributed by atoms with van der Waals surface area (Å²) in [7, 11) is 4.26. The van der Waals surface area contributed by atoms with Crippen molar-refractivity contribution >= 4 is 0 Å². The molecular formula is C18H38N2O. The van der Waals surface area contributed by atoms with Gasteiger partial charge in [-0.2, -0.15) is 0 Å². The Balaban J connectivity index is 2.76. The number of likely N-dealkylation sites (N-methyl/N-ethyl adjacent to an activating group) is 1. The monoisotopic (exact) mass is 298 g/mol. The Bertz CT molecular complexity index is 296. The van der Waals surface area contributed by atoms with E-state index in [0.717, 1.165) is 38.4 Å². The largest absolute Gasteiger partial charge is 0.391 e. The van der Waals surface area contributed by atoms with Gasteiger partial charge in [-0.25, -0.2) is 0 Å². The SMILES string of the molecule is CC(C)CN(CCN(C)C)C1CC(C(C)(C)C)CCC1O. The molecule has 0 bridgehead atoms. The fraction of sp³-hybridized carbons (Fsp3) is 1.00. The lowest BCUT2D eigenvalue weighted by Crippen LogP contribution is -2.51. The van der Waals surface area contributed by atoms with Gasteiger partial charge < -0.3 is 10.0 Å². The molecule has 1 rings (SSSR count). The minimum Gasteiger partial charge on any atom is -0.391 e. The van der Waals surface area contributed by atoms with E-state index in [1.165, 1.54) is 6.42 Å². The average molecular weight is 299 g/mol. The molecule has 3 nitrogen and oxygen atoms in total. The van der Waals surface area contributed by atoms with Crippen molar-refractivity contribution in [2.75, 3.05) is 33.7 Å². The topological polar surface area (TPSA) is 26.7 Å². The third-order valence-electron chi connectivity index (χ3n) is 4.91. The van der Waals surface area contributed by atoms with E-state index in [4.69, 9.17) is 0 Å². The molecule has 1 fully saturated rings. The molecule has 0 radical (unpaired) electrons. The average Bonchev–Trinajstić information content (AvgIpc) is 2.33. The smallest absolute Gasteiger partial charge is 0.0695 e. The minimum atomic E-state index is -0.149. The number of hydrogen-bond donors (Lipinski definition) is 1. The summed E-state index contributed by atoms with van der Waals surface area (Å²) in [5.74, 6) is 1.37. The highest BCUT2D eigenvalue weighted by Crippen LogP contribution is 2.39. The van der Waals surface area contributed by atoms with E-state index in [1.807, 2.05) is 0 Å². The van der Waals surface area contributed by atoms with Crippen molar-refractivity contribution in [3.8, 4) is 0 Å². The zero-order chi connectivity index (χ0) is 16.2. The number of hydrogen-bond acceptors (Lipinski definition) is 3. The van der Waals surface area contributed by atoms with E-state index in [1.54, 1.807) is 0 Å². The first-order valence-corrected chi connectivity index (χ1v) is 8.68. The van der Waals surface area contributed by atoms with Crippen LogP contribution in [0.5, 0.6) is 0 Å². The van der Waals surface area contributed by atoms with E-state index in [9.17, 15) is 5.11 Å². The molecule has 1 saturated carbocycles. The van der Waals surface area contributed by atoms with Crippen molar-refractivity contribution in [2.24, 2.45) is 17.3 Å². The van der Waals surface area contributed by atoms with Crippen molar-refractivity contribution < 1.29 is 5.11 Å². The summed E-state index contributed by atoms with van der Waals surface area (Å²) in [5, 5.41) is 10.5. The Morgan fingerprint density at radius 2 is 1.71 bits per heavy atom. The number of aliphatic hydroxyl groups is 1. The molecule has 0 aromatic carbocycles. The van der Waals surface area contributed by atoms with Crippen LogP contribution in [0.25, 0.3) is 0 Å². The number of nitrogens with zero attached hydrogens (tertiary/aromatic N) is 2. The molecule has 0 spiro atoms. The van der Waals surface area contributed by atoms with Crippen LogP contribution in [0.1, 0.15) is 53.9 Å². The van der Waals surface area contributed by atoms with Crippen LogP contribution in [0.15, 0.2) is 0 Å². The highest BCUT2D eigenvalue weighted by Gasteiger charge is 2.37. The zero-order valence-electron chi connectivity index (χ0n) is 15.4. The zero-order valence-corrected chi connectivity index (χ0v) is 15.4. The third kappa shape index (κ3) is 6.25. The lowest BCUT2D eigenvalue weighted by Gasteiger charge is -2.45. The van der Waals surface area contributed by atoms with Crippen LogP contribution in [0.4, 0.5) is 0 Å². The predicted octanol–water partition coefficient (Wildman–Crippen LogP) is 3.08. The second kappa shape index (κ2) is 7.94. The van der Waals surface area contributed by atoms with Gasteiger partial charge in [-0.3, -0.25) is 4.90 Å². The van der Waals surface area contributed by atoms with Gasteiger partial charge in [0.2, 0.25) is 0 Å². The molecule has 126 valence electrons. The van der Waals surface area contributed by atoms with Gasteiger partial charge in [-0.15, -0.1) is 0 Å². The van der Waals surface area contributed by atoms with Crippen molar-refractivity contribution in [2.45, 2.75) is 66.0 Å². The quantitative estimate of drug-likeness (QED) is 0.816. The molecule has 1 aliphatic rings. The number of rotatable bonds is 6. The van der Waals surface area contributed by atoms with Crippen LogP contribution in [0.2, 0.25) is 0 Å². The van der Waals surface area contributed by atoms with Crippen LogP contribution in [0.3, 0.4) is 0 Å². The van der Waals surface area contributed by atoms with Crippen LogP contribution in [-0.2, 0) is 0 Å². The minimum absolute atomic E-state index is 0.149. The molecule has 3 heteroatoms. The molecule has 0 aromatic heterocycles. The maximum absolute atomic E-state index is 10.5. The normalized spacial score (nSPS) is 27.9. The molecule has 1 aliphatic carbocycles. The van der Waals surface area contributed by atoms with Crippen LogP contribution < -0.4 is 0 Å². The summed E-state index contributed by atoms with van der Waals surface area (Å²) < 4.78 is 0. The van der Waals surface area contributed by atoms with Crippen molar-refractivity contribution in [3.63, 3.8) is 0 Å². The Hall–Kier alpha value is -0.120. The van der Waals surface area contributed by atoms with E-state index < -0.39 is 0 Å². The van der Waals surface area contributed by atoms with Crippen molar-refractivity contribution in [1.82, 2.24) is 9.80 Å². The summed E-state index contributed by atoms with van der Waals surface area (Å²) >= 11 is 0. The first kappa shape index (κ1) is 18.9. The van der Waals surface area contributed by atoms with Crippen LogP contribution in [-0.4, -0.2) is 60.8 Å². The van der Waals surface area contributed by atoms with E-state index in [-0.39, 0.29) is 6.10 Å². The van der Waals surface area contributed by atoms with Gasteiger partial charge in [0.15, 0.2) is 0 Å². The molecule has 0 aliphatic heterocycles. The molecule has 0 aromatic rings. The van der Waals surface area contributed by atoms with E-state index in [0.29, 0.717) is 17.4 Å². The van der Waals surface area contributed by atoms with Gasteiger partial charge in [-0.1, -0.05) is 34.6 Å². The highest BCUT2D eigenvalue weighted by atomic mass is 16.3. The summed E-state index contributed by atoms with van der Waals surface area (Å²) in [4.78, 5) is 4.79. The fourth-order valence-electron chi connectivity index (χ4n) is 3.50. The van der Waals surface area contributed by atoms with E-state index in [2.05, 4.69) is 58.5 Å². The first-order chi connectivity index (χ1) is 9.61. The van der Waals surface area contributed by atoms with Gasteiger partial charge in [0, 0.05) is 25.7 Å². The molecule has 3 atom stereocenters. The molecule has 21 heavy (non-hydrogen) atoms. The molecular weight excluding hydrogens is 260 g/mol. The Morgan fingerprint density at radius 1 is 1.10 bits per heavy atom. The standard InChI is InChI=1S/C18H38N2O/c1-14(2)13-20(11-10-19(6)7)16-12-15(18(3,4)5)8-9-17(16)21/h14-17,21H,8-13H2,1-7H3. The highest BCUT2D eigenvalue weighted by molar-refractivity contribution is 4.91. The van der Waals surface area contributed by atoms with Crippen molar-refractivity contribution in [1.29, 1.82) is 0 Å². The lowest BCUT2D eigenvalue weighted by atomic mass is 9.70. The second-order valence-electron chi connectivity index (χ2n) is 8.70. The Morgan fingerprint density at radius 3 is 2.19 bits per heavy atom. The number of aliphatic hydroxyl groups excluding tert-OH is 1. The summed E-state index contributed by atoms with van der Waals surface area (Å²) in [6.45, 7) is 14.8. The Kier molecular flexibility index (Phi) is 7.15. The Labute approximate surface area is 132 Å². The third-order valence-corrected chi connectivity index (χ3v) is 4.91. The summed E-state index contributed by atoms with van der Waals surface area (Å²) in [5.41, 5.74) is 0.351. The molecule has 0 amide bonds. The predicted molar refractivity (Wildman–Crippen MR) is 91.6 cm³/mol.